The van der Waals surface area contributed by atoms with E-state index in [2.05, 4.69) is 35.1 Å². The normalized spacial score (nSPS) is 14.0. The molecule has 1 saturated heterocycles. The first-order chi connectivity index (χ1) is 14.1. The lowest BCUT2D eigenvalue weighted by Crippen LogP contribution is -2.47. The molecule has 0 saturated carbocycles. The highest BCUT2D eigenvalue weighted by Gasteiger charge is 2.21. The number of hydrogen-bond donors (Lipinski definition) is 1. The Labute approximate surface area is 169 Å². The molecule has 0 spiro atoms. The minimum absolute atomic E-state index is 0.237. The summed E-state index contributed by atoms with van der Waals surface area (Å²) in [6, 6.07) is 9.29. The van der Waals surface area contributed by atoms with Crippen LogP contribution >= 0.6 is 0 Å². The van der Waals surface area contributed by atoms with Crippen LogP contribution in [0.25, 0.3) is 0 Å². The summed E-state index contributed by atoms with van der Waals surface area (Å²) >= 11 is 0. The Morgan fingerprint density at radius 1 is 0.862 bits per heavy atom. The highest BCUT2D eigenvalue weighted by Crippen LogP contribution is 2.19. The Balaban J connectivity index is 1.44. The zero-order valence-electron chi connectivity index (χ0n) is 16.5. The molecule has 1 amide bonds. The first-order valence-electron chi connectivity index (χ1n) is 9.59. The number of nitrogens with zero attached hydrogens (tertiary/aromatic N) is 6. The van der Waals surface area contributed by atoms with Crippen molar-refractivity contribution in [3.05, 3.63) is 65.7 Å². The molecule has 0 bridgehead atoms. The van der Waals surface area contributed by atoms with Crippen molar-refractivity contribution < 1.29 is 4.79 Å². The Morgan fingerprint density at radius 3 is 2.24 bits per heavy atom. The summed E-state index contributed by atoms with van der Waals surface area (Å²) in [5.41, 5.74) is 3.33. The van der Waals surface area contributed by atoms with E-state index >= 15 is 0 Å². The van der Waals surface area contributed by atoms with Gasteiger partial charge >= 0.3 is 0 Å². The number of piperazine rings is 1. The average molecular weight is 389 g/mol. The van der Waals surface area contributed by atoms with Gasteiger partial charge in [-0.25, -0.2) is 19.9 Å². The molecule has 29 heavy (non-hydrogen) atoms. The number of aromatic nitrogens is 4. The van der Waals surface area contributed by atoms with Crippen molar-refractivity contribution in [3.8, 4) is 0 Å². The molecule has 8 heteroatoms. The number of carbonyl (C=O) groups is 1. The average Bonchev–Trinajstić information content (AvgIpc) is 2.78. The molecular weight excluding hydrogens is 366 g/mol. The third kappa shape index (κ3) is 4.16. The lowest BCUT2D eigenvalue weighted by Gasteiger charge is -2.34. The summed E-state index contributed by atoms with van der Waals surface area (Å²) in [5.74, 6) is 1.06. The van der Waals surface area contributed by atoms with Gasteiger partial charge in [0.2, 0.25) is 11.9 Å². The zero-order chi connectivity index (χ0) is 20.2. The lowest BCUT2D eigenvalue weighted by atomic mass is 10.1. The number of anilines is 3. The third-order valence-corrected chi connectivity index (χ3v) is 5.13. The van der Waals surface area contributed by atoms with Gasteiger partial charge in [0.25, 0.3) is 5.91 Å². The maximum atomic E-state index is 12.7. The topological polar surface area (TPSA) is 87.1 Å². The molecule has 1 aromatic carbocycles. The van der Waals surface area contributed by atoms with Crippen molar-refractivity contribution in [2.45, 2.75) is 13.8 Å². The molecule has 0 radical (unpaired) electrons. The summed E-state index contributed by atoms with van der Waals surface area (Å²) in [7, 11) is 0. The number of hydrogen-bond acceptors (Lipinski definition) is 7. The van der Waals surface area contributed by atoms with E-state index in [0.29, 0.717) is 11.6 Å². The maximum Gasteiger partial charge on any atom is 0.274 e. The summed E-state index contributed by atoms with van der Waals surface area (Å²) in [5, 5.41) is 2.95. The van der Waals surface area contributed by atoms with Gasteiger partial charge in [0, 0.05) is 50.5 Å². The van der Waals surface area contributed by atoms with Crippen LogP contribution in [0.15, 0.2) is 48.9 Å². The SMILES string of the molecule is Cc1cccc(NC(=O)c2ccnc(N3CCN(c4ncccn4)CC3)n2)c1C. The number of rotatable bonds is 4. The second-order valence-corrected chi connectivity index (χ2v) is 6.97. The molecule has 148 valence electrons. The third-order valence-electron chi connectivity index (χ3n) is 5.13. The molecule has 2 aromatic heterocycles. The van der Waals surface area contributed by atoms with Crippen molar-refractivity contribution >= 4 is 23.5 Å². The number of aryl methyl sites for hydroxylation is 1. The summed E-state index contributed by atoms with van der Waals surface area (Å²) in [4.78, 5) is 34.4. The second-order valence-electron chi connectivity index (χ2n) is 6.97. The molecule has 3 aromatic rings. The number of carbonyl (C=O) groups excluding carboxylic acids is 1. The van der Waals surface area contributed by atoms with Crippen LogP contribution in [0.4, 0.5) is 17.6 Å². The molecule has 1 N–H and O–H groups in total. The van der Waals surface area contributed by atoms with Gasteiger partial charge in [0.1, 0.15) is 5.69 Å². The molecule has 3 heterocycles. The molecular formula is C21H23N7O. The molecule has 1 fully saturated rings. The van der Waals surface area contributed by atoms with Gasteiger partial charge in [-0.3, -0.25) is 4.79 Å². The van der Waals surface area contributed by atoms with E-state index in [-0.39, 0.29) is 5.91 Å². The molecule has 1 aliphatic heterocycles. The predicted octanol–water partition coefficient (Wildman–Crippen LogP) is 2.46. The van der Waals surface area contributed by atoms with Crippen LogP contribution in [0.3, 0.4) is 0 Å². The molecule has 1 aliphatic rings. The lowest BCUT2D eigenvalue weighted by molar-refractivity contribution is 0.102. The second kappa shape index (κ2) is 8.22. The van der Waals surface area contributed by atoms with Gasteiger partial charge < -0.3 is 15.1 Å². The van der Waals surface area contributed by atoms with E-state index in [1.54, 1.807) is 24.7 Å². The molecule has 4 rings (SSSR count). The largest absolute Gasteiger partial charge is 0.337 e. The standard InChI is InChI=1S/C21H23N7O/c1-15-5-3-6-17(16(15)2)25-19(29)18-7-10-24-21(26-18)28-13-11-27(12-14-28)20-22-8-4-9-23-20/h3-10H,11-14H2,1-2H3,(H,25,29). The Morgan fingerprint density at radius 2 is 1.52 bits per heavy atom. The van der Waals surface area contributed by atoms with E-state index in [1.165, 1.54) is 0 Å². The Kier molecular flexibility index (Phi) is 5.33. The fourth-order valence-corrected chi connectivity index (χ4v) is 3.26. The molecule has 0 unspecified atom stereocenters. The van der Waals surface area contributed by atoms with Crippen LogP contribution in [-0.4, -0.2) is 52.0 Å². The monoisotopic (exact) mass is 389 g/mol. The smallest absolute Gasteiger partial charge is 0.274 e. The van der Waals surface area contributed by atoms with Gasteiger partial charge in [-0.2, -0.15) is 0 Å². The summed E-state index contributed by atoms with van der Waals surface area (Å²) < 4.78 is 0. The van der Waals surface area contributed by atoms with E-state index < -0.39 is 0 Å². The summed E-state index contributed by atoms with van der Waals surface area (Å²) in [6.07, 6.45) is 5.12. The first kappa shape index (κ1) is 18.8. The fourth-order valence-electron chi connectivity index (χ4n) is 3.26. The van der Waals surface area contributed by atoms with Crippen LogP contribution < -0.4 is 15.1 Å². The van der Waals surface area contributed by atoms with Gasteiger partial charge in [0.05, 0.1) is 0 Å². The van der Waals surface area contributed by atoms with Crippen molar-refractivity contribution in [3.63, 3.8) is 0 Å². The van der Waals surface area contributed by atoms with Crippen LogP contribution in [0.2, 0.25) is 0 Å². The number of benzene rings is 1. The van der Waals surface area contributed by atoms with Crippen molar-refractivity contribution in [1.29, 1.82) is 0 Å². The van der Waals surface area contributed by atoms with E-state index in [1.807, 2.05) is 38.1 Å². The van der Waals surface area contributed by atoms with Gasteiger partial charge in [-0.15, -0.1) is 0 Å². The first-order valence-corrected chi connectivity index (χ1v) is 9.59. The van der Waals surface area contributed by atoms with Crippen LogP contribution in [0.5, 0.6) is 0 Å². The van der Waals surface area contributed by atoms with Crippen molar-refractivity contribution in [1.82, 2.24) is 19.9 Å². The van der Waals surface area contributed by atoms with Crippen molar-refractivity contribution in [2.24, 2.45) is 0 Å². The predicted molar refractivity (Wildman–Crippen MR) is 112 cm³/mol. The van der Waals surface area contributed by atoms with Crippen LogP contribution in [0.1, 0.15) is 21.6 Å². The highest BCUT2D eigenvalue weighted by molar-refractivity contribution is 6.03. The van der Waals surface area contributed by atoms with E-state index in [0.717, 1.165) is 48.9 Å². The highest BCUT2D eigenvalue weighted by atomic mass is 16.1. The fraction of sp³-hybridized carbons (Fsp3) is 0.286. The zero-order valence-corrected chi connectivity index (χ0v) is 16.5. The minimum Gasteiger partial charge on any atom is -0.337 e. The summed E-state index contributed by atoms with van der Waals surface area (Å²) in [6.45, 7) is 7.03. The van der Waals surface area contributed by atoms with Gasteiger partial charge in [0.15, 0.2) is 0 Å². The quantitative estimate of drug-likeness (QED) is 0.733. The van der Waals surface area contributed by atoms with Gasteiger partial charge in [-0.1, -0.05) is 12.1 Å². The number of amides is 1. The molecule has 8 nitrogen and oxygen atoms in total. The Bertz CT molecular complexity index is 1000. The maximum absolute atomic E-state index is 12.7. The van der Waals surface area contributed by atoms with Crippen LogP contribution in [-0.2, 0) is 0 Å². The Hall–Kier alpha value is -3.55. The van der Waals surface area contributed by atoms with Gasteiger partial charge in [-0.05, 0) is 43.2 Å². The van der Waals surface area contributed by atoms with Crippen LogP contribution in [0, 0.1) is 13.8 Å². The molecule has 0 atom stereocenters. The van der Waals surface area contributed by atoms with E-state index in [4.69, 9.17) is 0 Å². The van der Waals surface area contributed by atoms with Crippen molar-refractivity contribution in [2.75, 3.05) is 41.3 Å². The minimum atomic E-state index is -0.237. The van der Waals surface area contributed by atoms with E-state index in [9.17, 15) is 4.79 Å². The molecule has 0 aliphatic carbocycles. The number of nitrogens with one attached hydrogen (secondary N) is 1.